The number of aromatic hydroxyl groups is 1. The van der Waals surface area contributed by atoms with Crippen molar-refractivity contribution in [1.82, 2.24) is 4.98 Å². The molecule has 4 N–H and O–H groups in total. The van der Waals surface area contributed by atoms with Crippen LogP contribution in [0.2, 0.25) is 0 Å². The molecule has 0 saturated carbocycles. The van der Waals surface area contributed by atoms with Crippen molar-refractivity contribution in [3.05, 3.63) is 29.5 Å². The Labute approximate surface area is 91.2 Å². The maximum atomic E-state index is 10.9. The number of fused-ring (bicyclic) bond motifs is 1. The molecule has 0 aliphatic heterocycles. The monoisotopic (exact) mass is 218 g/mol. The van der Waals surface area contributed by atoms with E-state index in [-0.39, 0.29) is 17.0 Å². The van der Waals surface area contributed by atoms with Crippen LogP contribution in [0.15, 0.2) is 18.2 Å². The number of nitrogens with two attached hydrogens (primary N) is 1. The van der Waals surface area contributed by atoms with Gasteiger partial charge in [-0.25, -0.2) is 9.78 Å². The summed E-state index contributed by atoms with van der Waals surface area (Å²) in [5, 5.41) is 19.1. The molecule has 2 rings (SSSR count). The Morgan fingerprint density at radius 1 is 1.44 bits per heavy atom. The van der Waals surface area contributed by atoms with Crippen LogP contribution >= 0.6 is 0 Å². The summed E-state index contributed by atoms with van der Waals surface area (Å²) in [6.45, 7) is 1.59. The van der Waals surface area contributed by atoms with Gasteiger partial charge in [-0.1, -0.05) is 12.1 Å². The summed E-state index contributed by atoms with van der Waals surface area (Å²) in [4.78, 5) is 14.8. The van der Waals surface area contributed by atoms with Crippen molar-refractivity contribution < 1.29 is 15.0 Å². The first-order chi connectivity index (χ1) is 7.52. The lowest BCUT2D eigenvalue weighted by Gasteiger charge is -2.09. The molecule has 0 bridgehead atoms. The number of phenols is 1. The maximum Gasteiger partial charge on any atom is 0.354 e. The lowest BCUT2D eigenvalue weighted by Crippen LogP contribution is -2.07. The molecule has 0 aliphatic carbocycles. The first kappa shape index (κ1) is 10.2. The fourth-order valence-corrected chi connectivity index (χ4v) is 1.60. The summed E-state index contributed by atoms with van der Waals surface area (Å²) in [5.41, 5.74) is 6.63. The van der Waals surface area contributed by atoms with Crippen molar-refractivity contribution in [2.24, 2.45) is 0 Å². The van der Waals surface area contributed by atoms with Crippen molar-refractivity contribution >= 4 is 22.6 Å². The molecular formula is C11H10N2O3. The Morgan fingerprint density at radius 2 is 2.12 bits per heavy atom. The molecule has 1 aromatic carbocycles. The molecule has 0 fully saturated rings. The number of hydrogen-bond donors (Lipinski definition) is 3. The zero-order chi connectivity index (χ0) is 11.9. The third kappa shape index (κ3) is 1.33. The summed E-state index contributed by atoms with van der Waals surface area (Å²) >= 11 is 0. The number of nitrogen functional groups attached to an aromatic ring is 1. The van der Waals surface area contributed by atoms with Gasteiger partial charge in [-0.3, -0.25) is 0 Å². The minimum Gasteiger partial charge on any atom is -0.506 e. The number of para-hydroxylation sites is 1. The SMILES string of the molecule is Cc1c(C(=O)O)nc2c(O)cccc2c1N. The Morgan fingerprint density at radius 3 is 2.75 bits per heavy atom. The van der Waals surface area contributed by atoms with E-state index in [0.717, 1.165) is 0 Å². The highest BCUT2D eigenvalue weighted by molar-refractivity contribution is 6.00. The van der Waals surface area contributed by atoms with E-state index in [0.29, 0.717) is 16.6 Å². The maximum absolute atomic E-state index is 10.9. The Hall–Kier alpha value is -2.30. The molecule has 0 radical (unpaired) electrons. The van der Waals surface area contributed by atoms with Crippen LogP contribution in [0.5, 0.6) is 5.75 Å². The largest absolute Gasteiger partial charge is 0.506 e. The van der Waals surface area contributed by atoms with Crippen molar-refractivity contribution in [1.29, 1.82) is 0 Å². The number of nitrogens with zero attached hydrogens (tertiary/aromatic N) is 1. The highest BCUT2D eigenvalue weighted by atomic mass is 16.4. The van der Waals surface area contributed by atoms with E-state index in [4.69, 9.17) is 10.8 Å². The minimum atomic E-state index is -1.16. The van der Waals surface area contributed by atoms with Gasteiger partial charge in [0.05, 0.1) is 0 Å². The zero-order valence-electron chi connectivity index (χ0n) is 8.56. The van der Waals surface area contributed by atoms with Crippen LogP contribution in [0.3, 0.4) is 0 Å². The van der Waals surface area contributed by atoms with Crippen molar-refractivity contribution in [2.45, 2.75) is 6.92 Å². The van der Waals surface area contributed by atoms with Crippen LogP contribution < -0.4 is 5.73 Å². The van der Waals surface area contributed by atoms with Gasteiger partial charge in [0.15, 0.2) is 5.69 Å². The van der Waals surface area contributed by atoms with Crippen LogP contribution in [0.25, 0.3) is 10.9 Å². The average Bonchev–Trinajstić information content (AvgIpc) is 2.23. The molecule has 2 aromatic rings. The lowest BCUT2D eigenvalue weighted by atomic mass is 10.1. The number of phenolic OH excluding ortho intramolecular Hbond substituents is 1. The normalized spacial score (nSPS) is 10.6. The van der Waals surface area contributed by atoms with Gasteiger partial charge in [0, 0.05) is 16.6 Å². The predicted octanol–water partition coefficient (Wildman–Crippen LogP) is 1.53. The number of rotatable bonds is 1. The smallest absolute Gasteiger partial charge is 0.354 e. The van der Waals surface area contributed by atoms with E-state index < -0.39 is 5.97 Å². The molecule has 0 aliphatic rings. The van der Waals surface area contributed by atoms with Gasteiger partial charge < -0.3 is 15.9 Å². The second-order valence-electron chi connectivity index (χ2n) is 3.48. The molecule has 5 nitrogen and oxygen atoms in total. The lowest BCUT2D eigenvalue weighted by molar-refractivity contribution is 0.0690. The second-order valence-corrected chi connectivity index (χ2v) is 3.48. The summed E-state index contributed by atoms with van der Waals surface area (Å²) in [5.74, 6) is -1.24. The molecule has 5 heteroatoms. The Kier molecular flexibility index (Phi) is 2.16. The van der Waals surface area contributed by atoms with E-state index in [1.165, 1.54) is 6.07 Å². The number of hydrogen-bond acceptors (Lipinski definition) is 4. The zero-order valence-corrected chi connectivity index (χ0v) is 8.56. The van der Waals surface area contributed by atoms with Crippen LogP contribution in [-0.2, 0) is 0 Å². The quantitative estimate of drug-likeness (QED) is 0.674. The van der Waals surface area contributed by atoms with Crippen molar-refractivity contribution in [3.8, 4) is 5.75 Å². The van der Waals surface area contributed by atoms with Gasteiger partial charge in [0.1, 0.15) is 11.3 Å². The molecule has 16 heavy (non-hydrogen) atoms. The van der Waals surface area contributed by atoms with Crippen LogP contribution in [-0.4, -0.2) is 21.2 Å². The van der Waals surface area contributed by atoms with Gasteiger partial charge in [0.2, 0.25) is 0 Å². The third-order valence-corrected chi connectivity index (χ3v) is 2.49. The highest BCUT2D eigenvalue weighted by Gasteiger charge is 2.16. The summed E-state index contributed by atoms with van der Waals surface area (Å²) in [6, 6.07) is 4.77. The molecule has 0 atom stereocenters. The molecule has 0 unspecified atom stereocenters. The summed E-state index contributed by atoms with van der Waals surface area (Å²) in [6.07, 6.45) is 0. The fraction of sp³-hybridized carbons (Fsp3) is 0.0909. The number of anilines is 1. The number of benzene rings is 1. The molecule has 0 amide bonds. The minimum absolute atomic E-state index is 0.0771. The molecule has 1 heterocycles. The summed E-state index contributed by atoms with van der Waals surface area (Å²) in [7, 11) is 0. The summed E-state index contributed by atoms with van der Waals surface area (Å²) < 4.78 is 0. The number of carboxylic acid groups (broad SMARTS) is 1. The number of pyridine rings is 1. The number of carboxylic acids is 1. The van der Waals surface area contributed by atoms with Crippen LogP contribution in [0.4, 0.5) is 5.69 Å². The van der Waals surface area contributed by atoms with E-state index >= 15 is 0 Å². The van der Waals surface area contributed by atoms with Gasteiger partial charge >= 0.3 is 5.97 Å². The molecule has 0 saturated heterocycles. The molecule has 0 spiro atoms. The first-order valence-corrected chi connectivity index (χ1v) is 4.63. The van der Waals surface area contributed by atoms with Gasteiger partial charge in [0.25, 0.3) is 0 Å². The van der Waals surface area contributed by atoms with E-state index in [1.54, 1.807) is 19.1 Å². The second kappa shape index (κ2) is 3.37. The van der Waals surface area contributed by atoms with E-state index in [1.807, 2.05) is 0 Å². The van der Waals surface area contributed by atoms with E-state index in [2.05, 4.69) is 4.98 Å². The molecular weight excluding hydrogens is 208 g/mol. The van der Waals surface area contributed by atoms with E-state index in [9.17, 15) is 9.90 Å². The molecule has 1 aromatic heterocycles. The van der Waals surface area contributed by atoms with Crippen molar-refractivity contribution in [2.75, 3.05) is 5.73 Å². The Balaban J connectivity index is 2.94. The third-order valence-electron chi connectivity index (χ3n) is 2.49. The van der Waals surface area contributed by atoms with Crippen LogP contribution in [0, 0.1) is 6.92 Å². The van der Waals surface area contributed by atoms with Crippen LogP contribution in [0.1, 0.15) is 16.1 Å². The average molecular weight is 218 g/mol. The highest BCUT2D eigenvalue weighted by Crippen LogP contribution is 2.30. The number of carbonyl (C=O) groups is 1. The predicted molar refractivity (Wildman–Crippen MR) is 59.5 cm³/mol. The first-order valence-electron chi connectivity index (χ1n) is 4.63. The topological polar surface area (TPSA) is 96.4 Å². The van der Waals surface area contributed by atoms with Gasteiger partial charge in [-0.15, -0.1) is 0 Å². The fourth-order valence-electron chi connectivity index (χ4n) is 1.60. The van der Waals surface area contributed by atoms with Gasteiger partial charge in [-0.05, 0) is 13.0 Å². The van der Waals surface area contributed by atoms with Gasteiger partial charge in [-0.2, -0.15) is 0 Å². The molecule has 82 valence electrons. The standard InChI is InChI=1S/C11H10N2O3/c1-5-8(12)6-3-2-4-7(14)10(6)13-9(5)11(15)16/h2-4,14H,1H3,(H2,12,13)(H,15,16). The van der Waals surface area contributed by atoms with Crippen molar-refractivity contribution in [3.63, 3.8) is 0 Å². The number of aromatic nitrogens is 1. The number of aromatic carboxylic acids is 1. The Bertz CT molecular complexity index is 593.